The van der Waals surface area contributed by atoms with Crippen molar-refractivity contribution in [3.05, 3.63) is 23.9 Å². The van der Waals surface area contributed by atoms with E-state index in [0.717, 1.165) is 24.1 Å². The first-order valence-corrected chi connectivity index (χ1v) is 6.75. The van der Waals surface area contributed by atoms with Crippen LogP contribution in [0.15, 0.2) is 18.2 Å². The molecular weight excluding hydrogens is 268 g/mol. The minimum Gasteiger partial charge on any atom is -0.481 e. The van der Waals surface area contributed by atoms with E-state index in [2.05, 4.69) is 26.2 Å². The van der Waals surface area contributed by atoms with E-state index in [9.17, 15) is 0 Å². The van der Waals surface area contributed by atoms with Gasteiger partial charge in [0.15, 0.2) is 0 Å². The van der Waals surface area contributed by atoms with Gasteiger partial charge in [0.25, 0.3) is 0 Å². The normalized spacial score (nSPS) is 10.4. The van der Waals surface area contributed by atoms with Crippen LogP contribution in [-0.2, 0) is 6.54 Å². The third-order valence-electron chi connectivity index (χ3n) is 2.28. The molecular formula is C12H19BrN2O. The van der Waals surface area contributed by atoms with Gasteiger partial charge in [0.2, 0.25) is 5.88 Å². The molecule has 0 aliphatic heterocycles. The smallest absolute Gasteiger partial charge is 0.213 e. The molecule has 0 aliphatic rings. The SMILES string of the molecule is COc1cccc(CNCCCCCBr)n1. The molecule has 1 N–H and O–H groups in total. The highest BCUT2D eigenvalue weighted by Crippen LogP contribution is 2.06. The lowest BCUT2D eigenvalue weighted by atomic mass is 10.2. The van der Waals surface area contributed by atoms with Crippen molar-refractivity contribution in [1.29, 1.82) is 0 Å². The number of nitrogens with zero attached hydrogens (tertiary/aromatic N) is 1. The summed E-state index contributed by atoms with van der Waals surface area (Å²) in [6.45, 7) is 1.86. The Kier molecular flexibility index (Phi) is 7.17. The number of methoxy groups -OCH3 is 1. The maximum Gasteiger partial charge on any atom is 0.213 e. The van der Waals surface area contributed by atoms with Crippen molar-refractivity contribution in [3.8, 4) is 5.88 Å². The lowest BCUT2D eigenvalue weighted by Crippen LogP contribution is -2.15. The largest absolute Gasteiger partial charge is 0.481 e. The summed E-state index contributed by atoms with van der Waals surface area (Å²) in [7, 11) is 1.64. The second kappa shape index (κ2) is 8.53. The van der Waals surface area contributed by atoms with E-state index >= 15 is 0 Å². The van der Waals surface area contributed by atoms with Crippen molar-refractivity contribution in [3.63, 3.8) is 0 Å². The summed E-state index contributed by atoms with van der Waals surface area (Å²) in [6, 6.07) is 5.83. The number of halogens is 1. The second-order valence-corrected chi connectivity index (χ2v) is 4.39. The van der Waals surface area contributed by atoms with Crippen LogP contribution in [0.3, 0.4) is 0 Å². The summed E-state index contributed by atoms with van der Waals surface area (Å²) in [6.07, 6.45) is 3.73. The zero-order valence-electron chi connectivity index (χ0n) is 9.71. The highest BCUT2D eigenvalue weighted by atomic mass is 79.9. The summed E-state index contributed by atoms with van der Waals surface area (Å²) in [5, 5.41) is 4.48. The fourth-order valence-electron chi connectivity index (χ4n) is 1.41. The van der Waals surface area contributed by atoms with E-state index in [1.807, 2.05) is 18.2 Å². The maximum atomic E-state index is 5.07. The summed E-state index contributed by atoms with van der Waals surface area (Å²) in [4.78, 5) is 4.33. The number of ether oxygens (including phenoxy) is 1. The Balaban J connectivity index is 2.16. The molecule has 3 nitrogen and oxygen atoms in total. The Bertz CT molecular complexity index is 294. The topological polar surface area (TPSA) is 34.1 Å². The summed E-state index contributed by atoms with van der Waals surface area (Å²) in [5.41, 5.74) is 1.03. The minimum absolute atomic E-state index is 0.679. The highest BCUT2D eigenvalue weighted by Gasteiger charge is 1.96. The van der Waals surface area contributed by atoms with Crippen molar-refractivity contribution < 1.29 is 4.74 Å². The monoisotopic (exact) mass is 286 g/mol. The van der Waals surface area contributed by atoms with Crippen molar-refractivity contribution >= 4 is 15.9 Å². The molecule has 0 aliphatic carbocycles. The fourth-order valence-corrected chi connectivity index (χ4v) is 1.80. The molecule has 0 bridgehead atoms. The number of nitrogens with one attached hydrogen (secondary N) is 1. The first kappa shape index (κ1) is 13.5. The predicted molar refractivity (Wildman–Crippen MR) is 70.1 cm³/mol. The Hall–Kier alpha value is -0.610. The van der Waals surface area contributed by atoms with Crippen LogP contribution in [0.4, 0.5) is 0 Å². The maximum absolute atomic E-state index is 5.07. The fraction of sp³-hybridized carbons (Fsp3) is 0.583. The average molecular weight is 287 g/mol. The third kappa shape index (κ3) is 5.47. The van der Waals surface area contributed by atoms with Gasteiger partial charge in [-0.2, -0.15) is 0 Å². The van der Waals surface area contributed by atoms with Crippen LogP contribution in [0, 0.1) is 0 Å². The van der Waals surface area contributed by atoms with Gasteiger partial charge < -0.3 is 10.1 Å². The molecule has 90 valence electrons. The molecule has 0 fully saturated rings. The molecule has 0 aromatic carbocycles. The average Bonchev–Trinajstić information content (AvgIpc) is 2.34. The Morgan fingerprint density at radius 1 is 1.31 bits per heavy atom. The molecule has 1 aromatic heterocycles. The highest BCUT2D eigenvalue weighted by molar-refractivity contribution is 9.09. The van der Waals surface area contributed by atoms with Crippen molar-refractivity contribution in [1.82, 2.24) is 10.3 Å². The van der Waals surface area contributed by atoms with Gasteiger partial charge in [0.1, 0.15) is 0 Å². The minimum atomic E-state index is 0.679. The molecule has 1 aromatic rings. The van der Waals surface area contributed by atoms with Crippen LogP contribution in [0.5, 0.6) is 5.88 Å². The lowest BCUT2D eigenvalue weighted by molar-refractivity contribution is 0.395. The first-order chi connectivity index (χ1) is 7.86. The summed E-state index contributed by atoms with van der Waals surface area (Å²) in [5.74, 6) is 0.679. The number of hydrogen-bond donors (Lipinski definition) is 1. The van der Waals surface area contributed by atoms with Crippen molar-refractivity contribution in [2.45, 2.75) is 25.8 Å². The van der Waals surface area contributed by atoms with Gasteiger partial charge in [-0.15, -0.1) is 0 Å². The molecule has 0 spiro atoms. The van der Waals surface area contributed by atoms with Crippen LogP contribution in [0.25, 0.3) is 0 Å². The van der Waals surface area contributed by atoms with Crippen LogP contribution < -0.4 is 10.1 Å². The van der Waals surface area contributed by atoms with E-state index < -0.39 is 0 Å². The van der Waals surface area contributed by atoms with Crippen LogP contribution in [0.2, 0.25) is 0 Å². The summed E-state index contributed by atoms with van der Waals surface area (Å²) >= 11 is 3.43. The van der Waals surface area contributed by atoms with E-state index in [0.29, 0.717) is 5.88 Å². The molecule has 1 rings (SSSR count). The zero-order chi connectivity index (χ0) is 11.6. The molecule has 16 heavy (non-hydrogen) atoms. The molecule has 0 radical (unpaired) electrons. The second-order valence-electron chi connectivity index (χ2n) is 3.60. The quantitative estimate of drug-likeness (QED) is 0.589. The van der Waals surface area contributed by atoms with Crippen LogP contribution in [0.1, 0.15) is 25.0 Å². The number of aromatic nitrogens is 1. The predicted octanol–water partition coefficient (Wildman–Crippen LogP) is 2.75. The molecule has 1 heterocycles. The number of alkyl halides is 1. The third-order valence-corrected chi connectivity index (χ3v) is 2.84. The molecule has 0 saturated carbocycles. The Labute approximate surface area is 106 Å². The van der Waals surface area contributed by atoms with E-state index in [4.69, 9.17) is 4.74 Å². The lowest BCUT2D eigenvalue weighted by Gasteiger charge is -2.05. The van der Waals surface area contributed by atoms with Gasteiger partial charge >= 0.3 is 0 Å². The van der Waals surface area contributed by atoms with Crippen molar-refractivity contribution in [2.75, 3.05) is 19.0 Å². The van der Waals surface area contributed by atoms with E-state index in [1.165, 1.54) is 19.3 Å². The molecule has 4 heteroatoms. The number of rotatable bonds is 8. The van der Waals surface area contributed by atoms with Crippen molar-refractivity contribution in [2.24, 2.45) is 0 Å². The van der Waals surface area contributed by atoms with E-state index in [-0.39, 0.29) is 0 Å². The van der Waals surface area contributed by atoms with E-state index in [1.54, 1.807) is 7.11 Å². The van der Waals surface area contributed by atoms with Gasteiger partial charge in [-0.1, -0.05) is 28.4 Å². The number of hydrogen-bond acceptors (Lipinski definition) is 3. The van der Waals surface area contributed by atoms with Crippen LogP contribution in [-0.4, -0.2) is 24.0 Å². The summed E-state index contributed by atoms with van der Waals surface area (Å²) < 4.78 is 5.07. The zero-order valence-corrected chi connectivity index (χ0v) is 11.3. The molecule has 0 atom stereocenters. The van der Waals surface area contributed by atoms with Gasteiger partial charge in [0.05, 0.1) is 12.8 Å². The standard InChI is InChI=1S/C12H19BrN2O/c1-16-12-7-5-6-11(15-12)10-14-9-4-2-3-8-13/h5-7,14H,2-4,8-10H2,1H3. The Morgan fingerprint density at radius 3 is 2.94 bits per heavy atom. The van der Waals surface area contributed by atoms with Gasteiger partial charge in [-0.3, -0.25) is 0 Å². The van der Waals surface area contributed by atoms with Gasteiger partial charge in [-0.05, 0) is 25.5 Å². The molecule has 0 amide bonds. The molecule has 0 saturated heterocycles. The molecule has 0 unspecified atom stereocenters. The first-order valence-electron chi connectivity index (χ1n) is 5.63. The van der Waals surface area contributed by atoms with Gasteiger partial charge in [-0.25, -0.2) is 4.98 Å². The Morgan fingerprint density at radius 2 is 2.19 bits per heavy atom. The van der Waals surface area contributed by atoms with Crippen LogP contribution >= 0.6 is 15.9 Å². The number of pyridine rings is 1. The number of unbranched alkanes of at least 4 members (excludes halogenated alkanes) is 2. The van der Waals surface area contributed by atoms with Gasteiger partial charge in [0, 0.05) is 17.9 Å².